The van der Waals surface area contributed by atoms with Crippen molar-refractivity contribution in [3.63, 3.8) is 0 Å². The van der Waals surface area contributed by atoms with Crippen LogP contribution in [0.2, 0.25) is 0 Å². The summed E-state index contributed by atoms with van der Waals surface area (Å²) in [6, 6.07) is 9.18. The number of halogens is 1. The molecule has 0 saturated carbocycles. The van der Waals surface area contributed by atoms with Crippen molar-refractivity contribution in [1.82, 2.24) is 14.9 Å². The van der Waals surface area contributed by atoms with Crippen molar-refractivity contribution < 1.29 is 19.3 Å². The highest BCUT2D eigenvalue weighted by molar-refractivity contribution is 5.95. The highest BCUT2D eigenvalue weighted by atomic mass is 19.1. The fourth-order valence-electron chi connectivity index (χ4n) is 5.04. The number of fused-ring (bicyclic) bond motifs is 1. The van der Waals surface area contributed by atoms with Gasteiger partial charge in [-0.2, -0.15) is 0 Å². The van der Waals surface area contributed by atoms with E-state index in [9.17, 15) is 9.50 Å². The summed E-state index contributed by atoms with van der Waals surface area (Å²) in [5, 5.41) is 19.5. The molecule has 35 heavy (non-hydrogen) atoms. The molecule has 2 N–H and O–H groups in total. The predicted molar refractivity (Wildman–Crippen MR) is 135 cm³/mol. The number of aliphatic hydroxyl groups excluding tert-OH is 2. The van der Waals surface area contributed by atoms with Crippen LogP contribution < -0.4 is 14.5 Å². The smallest absolute Gasteiger partial charge is 0.165 e. The topological polar surface area (TPSA) is 85.2 Å². The fraction of sp³-hybridized carbons (Fsp3) is 0.462. The van der Waals surface area contributed by atoms with Crippen molar-refractivity contribution in [2.24, 2.45) is 5.92 Å². The molecule has 0 radical (unpaired) electrons. The van der Waals surface area contributed by atoms with Gasteiger partial charge in [-0.05, 0) is 30.7 Å². The predicted octanol–water partition coefficient (Wildman–Crippen LogP) is 2.38. The molecule has 1 aromatic carbocycles. The molecular weight excluding hydrogens is 449 g/mol. The Balaban J connectivity index is 1.46. The number of ether oxygens (including phenoxy) is 1. The van der Waals surface area contributed by atoms with Gasteiger partial charge in [0, 0.05) is 87.2 Å². The molecule has 2 aromatic heterocycles. The lowest BCUT2D eigenvalue weighted by atomic mass is 10.1. The van der Waals surface area contributed by atoms with E-state index in [1.807, 2.05) is 24.4 Å². The minimum Gasteiger partial charge on any atom is -0.494 e. The van der Waals surface area contributed by atoms with Gasteiger partial charge < -0.3 is 24.7 Å². The van der Waals surface area contributed by atoms with E-state index in [1.54, 1.807) is 6.07 Å². The van der Waals surface area contributed by atoms with Gasteiger partial charge in [0.25, 0.3) is 0 Å². The maximum absolute atomic E-state index is 14.6. The van der Waals surface area contributed by atoms with Crippen molar-refractivity contribution in [2.45, 2.75) is 6.42 Å². The molecule has 2 saturated heterocycles. The van der Waals surface area contributed by atoms with Gasteiger partial charge in [-0.15, -0.1) is 0 Å². The molecule has 4 heterocycles. The average Bonchev–Trinajstić information content (AvgIpc) is 3.38. The number of hydrogen-bond acceptors (Lipinski definition) is 8. The minimum absolute atomic E-state index is 0.147. The summed E-state index contributed by atoms with van der Waals surface area (Å²) in [4.78, 5) is 16.3. The second-order valence-corrected chi connectivity index (χ2v) is 9.27. The van der Waals surface area contributed by atoms with Crippen LogP contribution in [0.1, 0.15) is 6.42 Å². The normalized spacial score (nSPS) is 19.0. The molecule has 3 aromatic rings. The summed E-state index contributed by atoms with van der Waals surface area (Å²) in [5.74, 6) is 0.881. The first-order chi connectivity index (χ1) is 17.1. The Bertz CT molecular complexity index is 1170. The number of aliphatic hydroxyl groups is 2. The lowest BCUT2D eigenvalue weighted by molar-refractivity contribution is 0.188. The summed E-state index contributed by atoms with van der Waals surface area (Å²) in [5.41, 5.74) is 3.22. The molecule has 2 aliphatic rings. The molecule has 9 heteroatoms. The Labute approximate surface area is 204 Å². The Morgan fingerprint density at radius 1 is 1.06 bits per heavy atom. The Hall–Kier alpha value is -3.01. The third-order valence-corrected chi connectivity index (χ3v) is 7.10. The SMILES string of the molecule is COc1cc2nc(-c3ccc(N4CCN(CCO)CC4)nc3)cc(N3CCC(CO)C3)c2cc1F. The minimum atomic E-state index is -0.418. The van der Waals surface area contributed by atoms with Gasteiger partial charge >= 0.3 is 0 Å². The molecule has 5 rings (SSSR count). The fourth-order valence-corrected chi connectivity index (χ4v) is 5.04. The summed E-state index contributed by atoms with van der Waals surface area (Å²) >= 11 is 0. The number of anilines is 2. The van der Waals surface area contributed by atoms with Crippen molar-refractivity contribution in [3.05, 3.63) is 42.3 Å². The maximum atomic E-state index is 14.6. The van der Waals surface area contributed by atoms with Gasteiger partial charge in [0.1, 0.15) is 5.82 Å². The lowest BCUT2D eigenvalue weighted by Gasteiger charge is -2.35. The van der Waals surface area contributed by atoms with Crippen LogP contribution >= 0.6 is 0 Å². The van der Waals surface area contributed by atoms with Crippen LogP contribution in [0, 0.1) is 11.7 Å². The second-order valence-electron chi connectivity index (χ2n) is 9.27. The Kier molecular flexibility index (Phi) is 6.99. The number of β-amino-alcohol motifs (C(OH)–C–C–N with tert-alkyl or cyclic N) is 1. The highest BCUT2D eigenvalue weighted by Crippen LogP contribution is 2.36. The van der Waals surface area contributed by atoms with E-state index in [1.165, 1.54) is 13.2 Å². The van der Waals surface area contributed by atoms with Gasteiger partial charge in [0.15, 0.2) is 11.6 Å². The molecule has 8 nitrogen and oxygen atoms in total. The lowest BCUT2D eigenvalue weighted by Crippen LogP contribution is -2.47. The molecule has 1 unspecified atom stereocenters. The van der Waals surface area contributed by atoms with Crippen LogP contribution in [-0.4, -0.2) is 91.2 Å². The number of pyridine rings is 2. The molecular formula is C26H32FN5O3. The Morgan fingerprint density at radius 3 is 2.54 bits per heavy atom. The molecule has 2 fully saturated rings. The zero-order valence-electron chi connectivity index (χ0n) is 20.0. The van der Waals surface area contributed by atoms with Gasteiger partial charge in [-0.25, -0.2) is 14.4 Å². The van der Waals surface area contributed by atoms with Gasteiger partial charge in [-0.1, -0.05) is 0 Å². The molecule has 2 aliphatic heterocycles. The Morgan fingerprint density at radius 2 is 1.89 bits per heavy atom. The zero-order chi connectivity index (χ0) is 24.4. The van der Waals surface area contributed by atoms with Crippen molar-refractivity contribution in [3.8, 4) is 17.0 Å². The van der Waals surface area contributed by atoms with E-state index in [0.29, 0.717) is 12.1 Å². The number of hydrogen-bond donors (Lipinski definition) is 2. The van der Waals surface area contributed by atoms with E-state index < -0.39 is 5.82 Å². The first-order valence-electron chi connectivity index (χ1n) is 12.2. The van der Waals surface area contributed by atoms with Crippen LogP contribution in [0.25, 0.3) is 22.2 Å². The first kappa shape index (κ1) is 23.7. The van der Waals surface area contributed by atoms with Crippen LogP contribution in [0.3, 0.4) is 0 Å². The maximum Gasteiger partial charge on any atom is 0.165 e. The molecule has 0 amide bonds. The number of methoxy groups -OCH3 is 1. The van der Waals surface area contributed by atoms with Crippen LogP contribution in [-0.2, 0) is 0 Å². The number of aromatic nitrogens is 2. The zero-order valence-corrected chi connectivity index (χ0v) is 20.0. The van der Waals surface area contributed by atoms with E-state index in [2.05, 4.69) is 14.7 Å². The van der Waals surface area contributed by atoms with Gasteiger partial charge in [-0.3, -0.25) is 4.90 Å². The summed E-state index contributed by atoms with van der Waals surface area (Å²) in [6.07, 6.45) is 2.74. The number of benzene rings is 1. The molecule has 0 bridgehead atoms. The third kappa shape index (κ3) is 4.89. The average molecular weight is 482 g/mol. The number of nitrogens with zero attached hydrogens (tertiary/aromatic N) is 5. The number of piperazine rings is 1. The van der Waals surface area contributed by atoms with Crippen LogP contribution in [0.4, 0.5) is 15.9 Å². The van der Waals surface area contributed by atoms with Gasteiger partial charge in [0.2, 0.25) is 0 Å². The van der Waals surface area contributed by atoms with E-state index >= 15 is 0 Å². The number of rotatable bonds is 7. The van der Waals surface area contributed by atoms with Gasteiger partial charge in [0.05, 0.1) is 24.9 Å². The quantitative estimate of drug-likeness (QED) is 0.532. The highest BCUT2D eigenvalue weighted by Gasteiger charge is 2.25. The molecule has 186 valence electrons. The molecule has 1 atom stereocenters. The van der Waals surface area contributed by atoms with E-state index in [-0.39, 0.29) is 24.9 Å². The van der Waals surface area contributed by atoms with Crippen molar-refractivity contribution in [1.29, 1.82) is 0 Å². The first-order valence-corrected chi connectivity index (χ1v) is 12.2. The van der Waals surface area contributed by atoms with Crippen LogP contribution in [0.5, 0.6) is 5.75 Å². The molecule has 0 aliphatic carbocycles. The standard InChI is InChI=1S/C26H32FN5O3/c1-35-25-14-23-20(12-21(25)27)24(32-5-4-18(16-32)17-34)13-22(29-23)19-2-3-26(28-15-19)31-8-6-30(7-9-31)10-11-33/h2-3,12-15,18,33-34H,4-11,16-17H2,1H3. The molecule has 0 spiro atoms. The second kappa shape index (κ2) is 10.3. The largest absolute Gasteiger partial charge is 0.494 e. The van der Waals surface area contributed by atoms with Crippen molar-refractivity contribution >= 4 is 22.4 Å². The summed E-state index contributed by atoms with van der Waals surface area (Å²) < 4.78 is 19.8. The monoisotopic (exact) mass is 481 g/mol. The third-order valence-electron chi connectivity index (χ3n) is 7.10. The van der Waals surface area contributed by atoms with Crippen molar-refractivity contribution in [2.75, 3.05) is 75.9 Å². The van der Waals surface area contributed by atoms with E-state index in [0.717, 1.165) is 73.8 Å². The summed E-state index contributed by atoms with van der Waals surface area (Å²) in [6.45, 7) is 6.12. The van der Waals surface area contributed by atoms with Crippen LogP contribution in [0.15, 0.2) is 36.5 Å². The summed E-state index contributed by atoms with van der Waals surface area (Å²) in [7, 11) is 1.45. The van der Waals surface area contributed by atoms with E-state index in [4.69, 9.17) is 19.8 Å².